The molecule has 1 atom stereocenters. The van der Waals surface area contributed by atoms with Gasteiger partial charge in [-0.25, -0.2) is 18.4 Å². The van der Waals surface area contributed by atoms with Crippen LogP contribution in [0.2, 0.25) is 5.15 Å². The molecule has 2 heterocycles. The van der Waals surface area contributed by atoms with Gasteiger partial charge in [0, 0.05) is 6.07 Å². The lowest BCUT2D eigenvalue weighted by atomic mass is 10.2. The Bertz CT molecular complexity index is 471. The predicted molar refractivity (Wildman–Crippen MR) is 60.1 cm³/mol. The van der Waals surface area contributed by atoms with Crippen molar-refractivity contribution >= 4 is 21.4 Å². The first-order valence-corrected chi connectivity index (χ1v) is 7.02. The molecule has 88 valence electrons. The minimum Gasteiger partial charge on any atom is -0.316 e. The van der Waals surface area contributed by atoms with Crippen LogP contribution in [0, 0.1) is 5.92 Å². The van der Waals surface area contributed by atoms with Gasteiger partial charge in [0.25, 0.3) is 0 Å². The van der Waals surface area contributed by atoms with E-state index in [0.717, 1.165) is 19.5 Å². The van der Waals surface area contributed by atoms with E-state index in [4.69, 9.17) is 11.6 Å². The topological polar surface area (TPSA) is 72.0 Å². The Labute approximate surface area is 99.2 Å². The molecular formula is C9H12ClN3O2S. The van der Waals surface area contributed by atoms with Crippen LogP contribution in [0.1, 0.15) is 6.42 Å². The van der Waals surface area contributed by atoms with Crippen LogP contribution in [0.25, 0.3) is 0 Å². The molecule has 0 amide bonds. The van der Waals surface area contributed by atoms with Crippen LogP contribution in [-0.2, 0) is 9.84 Å². The molecule has 0 aliphatic carbocycles. The number of hydrogen-bond acceptors (Lipinski definition) is 5. The smallest absolute Gasteiger partial charge is 0.196 e. The highest BCUT2D eigenvalue weighted by molar-refractivity contribution is 7.91. The summed E-state index contributed by atoms with van der Waals surface area (Å²) in [6.45, 7) is 1.63. The van der Waals surface area contributed by atoms with Crippen LogP contribution < -0.4 is 5.32 Å². The second kappa shape index (κ2) is 4.65. The molecule has 1 unspecified atom stereocenters. The van der Waals surface area contributed by atoms with Gasteiger partial charge >= 0.3 is 0 Å². The van der Waals surface area contributed by atoms with Crippen molar-refractivity contribution in [2.75, 3.05) is 18.8 Å². The average molecular weight is 262 g/mol. The largest absolute Gasteiger partial charge is 0.316 e. The highest BCUT2D eigenvalue weighted by Crippen LogP contribution is 2.17. The Kier molecular flexibility index (Phi) is 3.41. The first-order valence-electron chi connectivity index (χ1n) is 4.99. The van der Waals surface area contributed by atoms with Gasteiger partial charge in [-0.15, -0.1) is 0 Å². The molecule has 16 heavy (non-hydrogen) atoms. The molecule has 1 saturated heterocycles. The molecule has 1 aliphatic rings. The number of nitrogens with one attached hydrogen (secondary N) is 1. The van der Waals surface area contributed by atoms with Gasteiger partial charge in [0.15, 0.2) is 14.9 Å². The first-order chi connectivity index (χ1) is 7.58. The molecule has 7 heteroatoms. The second-order valence-corrected chi connectivity index (χ2v) is 6.19. The number of halogens is 1. The SMILES string of the molecule is O=S(=O)(CC1CCNC1)c1cc(Cl)ncn1. The molecule has 2 rings (SSSR count). The van der Waals surface area contributed by atoms with Crippen LogP contribution >= 0.6 is 11.6 Å². The Morgan fingerprint density at radius 1 is 1.50 bits per heavy atom. The van der Waals surface area contributed by atoms with Crippen molar-refractivity contribution in [2.45, 2.75) is 11.4 Å². The normalized spacial score (nSPS) is 21.2. The van der Waals surface area contributed by atoms with Gasteiger partial charge in [-0.05, 0) is 25.4 Å². The summed E-state index contributed by atoms with van der Waals surface area (Å²) in [5, 5.41) is 3.30. The second-order valence-electron chi connectivity index (χ2n) is 3.82. The summed E-state index contributed by atoms with van der Waals surface area (Å²) in [7, 11) is -3.34. The number of aromatic nitrogens is 2. The molecule has 0 saturated carbocycles. The van der Waals surface area contributed by atoms with Gasteiger partial charge in [-0.1, -0.05) is 11.6 Å². The summed E-state index contributed by atoms with van der Waals surface area (Å²) in [6, 6.07) is 1.29. The van der Waals surface area contributed by atoms with Crippen molar-refractivity contribution in [3.8, 4) is 0 Å². The Hall–Kier alpha value is -0.720. The standard InChI is InChI=1S/C9H12ClN3O2S/c10-8-3-9(13-6-12-8)16(14,15)5-7-1-2-11-4-7/h3,6-7,11H,1-2,4-5H2. The van der Waals surface area contributed by atoms with Gasteiger partial charge in [0.2, 0.25) is 0 Å². The molecule has 1 aliphatic heterocycles. The fourth-order valence-electron chi connectivity index (χ4n) is 1.74. The molecule has 0 aromatic carbocycles. The van der Waals surface area contributed by atoms with Gasteiger partial charge in [0.05, 0.1) is 5.75 Å². The van der Waals surface area contributed by atoms with Crippen LogP contribution in [0.3, 0.4) is 0 Å². The molecule has 1 N–H and O–H groups in total. The van der Waals surface area contributed by atoms with E-state index in [1.807, 2.05) is 0 Å². The lowest BCUT2D eigenvalue weighted by Crippen LogP contribution is -2.19. The molecule has 5 nitrogen and oxygen atoms in total. The average Bonchev–Trinajstić information content (AvgIpc) is 2.70. The molecule has 0 bridgehead atoms. The lowest BCUT2D eigenvalue weighted by Gasteiger charge is -2.08. The summed E-state index contributed by atoms with van der Waals surface area (Å²) in [6.07, 6.45) is 2.06. The zero-order valence-electron chi connectivity index (χ0n) is 8.56. The summed E-state index contributed by atoms with van der Waals surface area (Å²) < 4.78 is 23.9. The van der Waals surface area contributed by atoms with Crippen molar-refractivity contribution < 1.29 is 8.42 Å². The fourth-order valence-corrected chi connectivity index (χ4v) is 3.53. The van der Waals surface area contributed by atoms with Gasteiger partial charge < -0.3 is 5.32 Å². The molecule has 1 aromatic heterocycles. The fraction of sp³-hybridized carbons (Fsp3) is 0.556. The number of nitrogens with zero attached hydrogens (tertiary/aromatic N) is 2. The number of sulfone groups is 1. The lowest BCUT2D eigenvalue weighted by molar-refractivity contribution is 0.567. The third kappa shape index (κ3) is 2.69. The van der Waals surface area contributed by atoms with Crippen molar-refractivity contribution in [3.63, 3.8) is 0 Å². The molecule has 0 radical (unpaired) electrons. The number of rotatable bonds is 3. The van der Waals surface area contributed by atoms with E-state index in [9.17, 15) is 8.42 Å². The summed E-state index contributed by atoms with van der Waals surface area (Å²) in [5.41, 5.74) is 0. The van der Waals surface area contributed by atoms with Crippen molar-refractivity contribution in [1.82, 2.24) is 15.3 Å². The van der Waals surface area contributed by atoms with Gasteiger partial charge in [-0.2, -0.15) is 0 Å². The van der Waals surface area contributed by atoms with E-state index in [1.54, 1.807) is 0 Å². The highest BCUT2D eigenvalue weighted by atomic mass is 35.5. The molecule has 1 fully saturated rings. The molecule has 1 aromatic rings. The minimum absolute atomic E-state index is 0.0133. The van der Waals surface area contributed by atoms with E-state index in [0.29, 0.717) is 0 Å². The van der Waals surface area contributed by atoms with E-state index in [2.05, 4.69) is 15.3 Å². The van der Waals surface area contributed by atoms with E-state index in [-0.39, 0.29) is 21.8 Å². The van der Waals surface area contributed by atoms with Crippen molar-refractivity contribution in [1.29, 1.82) is 0 Å². The zero-order valence-corrected chi connectivity index (χ0v) is 10.1. The van der Waals surface area contributed by atoms with Gasteiger partial charge in [-0.3, -0.25) is 0 Å². The van der Waals surface area contributed by atoms with Crippen LogP contribution in [0.4, 0.5) is 0 Å². The van der Waals surface area contributed by atoms with E-state index >= 15 is 0 Å². The third-order valence-corrected chi connectivity index (χ3v) is 4.52. The maximum Gasteiger partial charge on any atom is 0.196 e. The quantitative estimate of drug-likeness (QED) is 0.803. The van der Waals surface area contributed by atoms with Crippen LogP contribution in [0.5, 0.6) is 0 Å². The maximum absolute atomic E-state index is 12.0. The minimum atomic E-state index is -3.34. The third-order valence-electron chi connectivity index (χ3n) is 2.54. The Morgan fingerprint density at radius 3 is 2.94 bits per heavy atom. The van der Waals surface area contributed by atoms with Crippen molar-refractivity contribution in [2.24, 2.45) is 5.92 Å². The Morgan fingerprint density at radius 2 is 2.31 bits per heavy atom. The van der Waals surface area contributed by atoms with Crippen LogP contribution in [0.15, 0.2) is 17.4 Å². The van der Waals surface area contributed by atoms with Crippen molar-refractivity contribution in [3.05, 3.63) is 17.5 Å². The van der Waals surface area contributed by atoms with Gasteiger partial charge in [0.1, 0.15) is 11.5 Å². The molecule has 0 spiro atoms. The number of hydrogen-bond donors (Lipinski definition) is 1. The zero-order chi connectivity index (χ0) is 11.6. The maximum atomic E-state index is 12.0. The van der Waals surface area contributed by atoms with E-state index < -0.39 is 9.84 Å². The summed E-state index contributed by atoms with van der Waals surface area (Å²) in [4.78, 5) is 7.41. The first kappa shape index (κ1) is 11.8. The molecular weight excluding hydrogens is 250 g/mol. The van der Waals surface area contributed by atoms with Crippen LogP contribution in [-0.4, -0.2) is 37.2 Å². The summed E-state index contributed by atoms with van der Waals surface area (Å²) in [5.74, 6) is 0.284. The monoisotopic (exact) mass is 261 g/mol. The Balaban J connectivity index is 2.18. The van der Waals surface area contributed by atoms with E-state index in [1.165, 1.54) is 12.4 Å². The predicted octanol–water partition coefficient (Wildman–Crippen LogP) is 0.513. The summed E-state index contributed by atoms with van der Waals surface area (Å²) >= 11 is 5.64. The highest BCUT2D eigenvalue weighted by Gasteiger charge is 2.25.